The lowest BCUT2D eigenvalue weighted by Gasteiger charge is -2.09. The molecule has 0 spiro atoms. The number of ether oxygens (including phenoxy) is 1. The van der Waals surface area contributed by atoms with Crippen LogP contribution in [0.1, 0.15) is 27.0 Å². The molecule has 0 fully saturated rings. The third-order valence-corrected chi connectivity index (χ3v) is 3.73. The van der Waals surface area contributed by atoms with Crippen molar-refractivity contribution in [3.8, 4) is 5.75 Å². The van der Waals surface area contributed by atoms with Crippen molar-refractivity contribution in [2.75, 3.05) is 6.61 Å². The van der Waals surface area contributed by atoms with Crippen molar-refractivity contribution in [2.45, 2.75) is 13.3 Å². The van der Waals surface area contributed by atoms with Crippen LogP contribution in [0, 0.1) is 6.92 Å². The number of halogens is 2. The number of carbonyl (C=O) groups is 1. The lowest BCUT2D eigenvalue weighted by molar-refractivity contribution is 0.103. The number of aryl methyl sites for hydroxylation is 1. The number of benzene rings is 2. The molecule has 0 amide bonds. The van der Waals surface area contributed by atoms with E-state index in [0.29, 0.717) is 33.5 Å². The molecule has 2 nitrogen and oxygen atoms in total. The van der Waals surface area contributed by atoms with E-state index in [4.69, 9.17) is 27.9 Å². The van der Waals surface area contributed by atoms with Gasteiger partial charge >= 0.3 is 0 Å². The first-order valence-corrected chi connectivity index (χ1v) is 7.07. The summed E-state index contributed by atoms with van der Waals surface area (Å²) < 4.78 is 5.58. The molecule has 0 atom stereocenters. The third-order valence-electron chi connectivity index (χ3n) is 3.30. The Balaban J connectivity index is 2.11. The molecular weight excluding hydrogens is 295 g/mol. The lowest BCUT2D eigenvalue weighted by Crippen LogP contribution is -2.04. The number of hydrogen-bond acceptors (Lipinski definition) is 2. The molecule has 102 valence electrons. The van der Waals surface area contributed by atoms with Gasteiger partial charge in [0.15, 0.2) is 5.78 Å². The highest BCUT2D eigenvalue weighted by Crippen LogP contribution is 2.34. The van der Waals surface area contributed by atoms with E-state index in [1.54, 1.807) is 12.1 Å². The average molecular weight is 307 g/mol. The van der Waals surface area contributed by atoms with Gasteiger partial charge in [-0.2, -0.15) is 0 Å². The van der Waals surface area contributed by atoms with Crippen LogP contribution in [0.2, 0.25) is 10.0 Å². The highest BCUT2D eigenvalue weighted by atomic mass is 35.5. The zero-order valence-electron chi connectivity index (χ0n) is 10.9. The van der Waals surface area contributed by atoms with E-state index in [0.717, 1.165) is 17.5 Å². The van der Waals surface area contributed by atoms with Gasteiger partial charge in [0.05, 0.1) is 12.2 Å². The van der Waals surface area contributed by atoms with Crippen molar-refractivity contribution < 1.29 is 9.53 Å². The molecule has 0 aliphatic carbocycles. The van der Waals surface area contributed by atoms with Crippen LogP contribution < -0.4 is 4.74 Å². The molecule has 0 aromatic heterocycles. The van der Waals surface area contributed by atoms with Gasteiger partial charge in [0.25, 0.3) is 0 Å². The molecule has 20 heavy (non-hydrogen) atoms. The second-order valence-corrected chi connectivity index (χ2v) is 5.76. The predicted octanol–water partition coefficient (Wildman–Crippen LogP) is 4.47. The highest BCUT2D eigenvalue weighted by molar-refractivity contribution is 6.32. The van der Waals surface area contributed by atoms with Crippen molar-refractivity contribution in [2.24, 2.45) is 0 Å². The number of carbonyl (C=O) groups excluding carboxylic acids is 1. The molecule has 1 heterocycles. The number of rotatable bonds is 2. The summed E-state index contributed by atoms with van der Waals surface area (Å²) in [4.78, 5) is 12.7. The number of fused-ring (bicyclic) bond motifs is 1. The fourth-order valence-electron chi connectivity index (χ4n) is 2.46. The first-order valence-electron chi connectivity index (χ1n) is 6.32. The van der Waals surface area contributed by atoms with E-state index < -0.39 is 0 Å². The standard InChI is InChI=1S/C16H12Cl2O2/c1-9-4-11(7-12(17)5-9)15(19)14-8-13(18)6-10-2-3-20-16(10)14/h4-8H,2-3H2,1H3. The zero-order chi connectivity index (χ0) is 14.3. The van der Waals surface area contributed by atoms with Crippen molar-refractivity contribution in [1.82, 2.24) is 0 Å². The summed E-state index contributed by atoms with van der Waals surface area (Å²) in [7, 11) is 0. The summed E-state index contributed by atoms with van der Waals surface area (Å²) in [5.74, 6) is 0.535. The molecule has 3 rings (SSSR count). The summed E-state index contributed by atoms with van der Waals surface area (Å²) in [6.45, 7) is 2.49. The van der Waals surface area contributed by atoms with Gasteiger partial charge in [0.1, 0.15) is 5.75 Å². The minimum Gasteiger partial charge on any atom is -0.492 e. The normalized spacial score (nSPS) is 12.9. The molecule has 0 saturated carbocycles. The molecular formula is C16H12Cl2O2. The Bertz CT molecular complexity index is 688. The molecule has 0 saturated heterocycles. The molecule has 4 heteroatoms. The third kappa shape index (κ3) is 2.41. The Morgan fingerprint density at radius 2 is 1.85 bits per heavy atom. The quantitative estimate of drug-likeness (QED) is 0.765. The Hall–Kier alpha value is -1.51. The minimum atomic E-state index is -0.115. The van der Waals surface area contributed by atoms with Crippen LogP contribution >= 0.6 is 23.2 Å². The maximum absolute atomic E-state index is 12.7. The van der Waals surface area contributed by atoms with Gasteiger partial charge < -0.3 is 4.74 Å². The van der Waals surface area contributed by atoms with Crippen molar-refractivity contribution in [3.05, 3.63) is 62.6 Å². The second-order valence-electron chi connectivity index (χ2n) is 4.89. The Kier molecular flexibility index (Phi) is 3.45. The lowest BCUT2D eigenvalue weighted by atomic mass is 9.98. The van der Waals surface area contributed by atoms with Gasteiger partial charge in [-0.25, -0.2) is 0 Å². The first-order chi connectivity index (χ1) is 9.54. The van der Waals surface area contributed by atoms with E-state index in [1.807, 2.05) is 25.1 Å². The maximum atomic E-state index is 12.7. The van der Waals surface area contributed by atoms with E-state index in [9.17, 15) is 4.79 Å². The molecule has 1 aliphatic rings. The van der Waals surface area contributed by atoms with Crippen molar-refractivity contribution in [3.63, 3.8) is 0 Å². The van der Waals surface area contributed by atoms with Crippen LogP contribution in [0.15, 0.2) is 30.3 Å². The zero-order valence-corrected chi connectivity index (χ0v) is 12.4. The van der Waals surface area contributed by atoms with Crippen LogP contribution in [0.5, 0.6) is 5.75 Å². The molecule has 2 aromatic rings. The largest absolute Gasteiger partial charge is 0.492 e. The topological polar surface area (TPSA) is 26.3 Å². The first kappa shape index (κ1) is 13.5. The van der Waals surface area contributed by atoms with Crippen molar-refractivity contribution >= 4 is 29.0 Å². The van der Waals surface area contributed by atoms with Crippen molar-refractivity contribution in [1.29, 1.82) is 0 Å². The summed E-state index contributed by atoms with van der Waals surface area (Å²) in [5.41, 5.74) is 2.99. The average Bonchev–Trinajstić information content (AvgIpc) is 2.83. The molecule has 1 aliphatic heterocycles. The van der Waals surface area contributed by atoms with Gasteiger partial charge in [0.2, 0.25) is 0 Å². The van der Waals surface area contributed by atoms with Gasteiger partial charge in [-0.15, -0.1) is 0 Å². The van der Waals surface area contributed by atoms with Crippen LogP contribution in [0.25, 0.3) is 0 Å². The summed E-state index contributed by atoms with van der Waals surface area (Å²) in [6.07, 6.45) is 0.782. The summed E-state index contributed by atoms with van der Waals surface area (Å²) in [6, 6.07) is 8.81. The predicted molar refractivity (Wildman–Crippen MR) is 80.3 cm³/mol. The maximum Gasteiger partial charge on any atom is 0.196 e. The summed E-state index contributed by atoms with van der Waals surface area (Å²) in [5, 5.41) is 1.10. The number of ketones is 1. The van der Waals surface area contributed by atoms with Crippen LogP contribution in [-0.2, 0) is 6.42 Å². The van der Waals surface area contributed by atoms with Gasteiger partial charge in [-0.3, -0.25) is 4.79 Å². The fourth-order valence-corrected chi connectivity index (χ4v) is 2.99. The molecule has 0 unspecified atom stereocenters. The SMILES string of the molecule is Cc1cc(Cl)cc(C(=O)c2cc(Cl)cc3c2OCC3)c1. The van der Waals surface area contributed by atoms with Gasteiger partial charge in [-0.1, -0.05) is 23.2 Å². The summed E-state index contributed by atoms with van der Waals surface area (Å²) >= 11 is 12.1. The van der Waals surface area contributed by atoms with Crippen LogP contribution in [0.3, 0.4) is 0 Å². The van der Waals surface area contributed by atoms with Gasteiger partial charge in [0, 0.05) is 22.0 Å². The van der Waals surface area contributed by atoms with Gasteiger partial charge in [-0.05, 0) is 48.4 Å². The molecule has 0 radical (unpaired) electrons. The van der Waals surface area contributed by atoms with E-state index >= 15 is 0 Å². The van der Waals surface area contributed by atoms with Crippen LogP contribution in [0.4, 0.5) is 0 Å². The molecule has 0 N–H and O–H groups in total. The van der Waals surface area contributed by atoms with Crippen LogP contribution in [-0.4, -0.2) is 12.4 Å². The second kappa shape index (κ2) is 5.12. The smallest absolute Gasteiger partial charge is 0.196 e. The Morgan fingerprint density at radius 1 is 1.10 bits per heavy atom. The van der Waals surface area contributed by atoms with E-state index in [1.165, 1.54) is 0 Å². The Labute approximate surface area is 127 Å². The minimum absolute atomic E-state index is 0.115. The monoisotopic (exact) mass is 306 g/mol. The fraction of sp³-hybridized carbons (Fsp3) is 0.188. The number of hydrogen-bond donors (Lipinski definition) is 0. The Morgan fingerprint density at radius 3 is 2.60 bits per heavy atom. The van der Waals surface area contributed by atoms with E-state index in [2.05, 4.69) is 0 Å². The molecule has 2 aromatic carbocycles. The highest BCUT2D eigenvalue weighted by Gasteiger charge is 2.23. The van der Waals surface area contributed by atoms with E-state index in [-0.39, 0.29) is 5.78 Å². The molecule has 0 bridgehead atoms.